The van der Waals surface area contributed by atoms with E-state index in [1.165, 1.54) is 12.3 Å². The van der Waals surface area contributed by atoms with Crippen molar-refractivity contribution < 1.29 is 23.1 Å². The average Bonchev–Trinajstić information content (AvgIpc) is 3.35. The fourth-order valence-electron chi connectivity index (χ4n) is 4.57. The van der Waals surface area contributed by atoms with Crippen LogP contribution in [0.25, 0.3) is 10.9 Å². The minimum absolute atomic E-state index is 0.0423. The summed E-state index contributed by atoms with van der Waals surface area (Å²) >= 11 is 0. The predicted molar refractivity (Wildman–Crippen MR) is 105 cm³/mol. The molecule has 2 aliphatic rings. The number of anilines is 1. The van der Waals surface area contributed by atoms with Gasteiger partial charge in [-0.25, -0.2) is 0 Å². The molecule has 1 saturated heterocycles. The molecule has 29 heavy (non-hydrogen) atoms. The molecule has 0 radical (unpaired) electrons. The zero-order valence-corrected chi connectivity index (χ0v) is 16.4. The number of rotatable bonds is 5. The van der Waals surface area contributed by atoms with E-state index < -0.39 is 17.3 Å². The smallest absolute Gasteiger partial charge is 0.389 e. The Kier molecular flexibility index (Phi) is 5.05. The Morgan fingerprint density at radius 2 is 2.03 bits per heavy atom. The zero-order valence-electron chi connectivity index (χ0n) is 16.4. The number of piperidine rings is 1. The molecule has 0 spiro atoms. The van der Waals surface area contributed by atoms with Crippen LogP contribution in [0.3, 0.4) is 0 Å². The Labute approximate surface area is 167 Å². The lowest BCUT2D eigenvalue weighted by molar-refractivity contribution is -0.136. The number of alkyl halides is 3. The number of Topliss-reactive ketones (excluding diaryl/α,β-unsaturated/α-hetero) is 1. The molecule has 0 amide bonds. The van der Waals surface area contributed by atoms with E-state index in [2.05, 4.69) is 16.8 Å². The van der Waals surface area contributed by atoms with E-state index in [0.717, 1.165) is 24.7 Å². The van der Waals surface area contributed by atoms with Gasteiger partial charge in [-0.1, -0.05) is 6.92 Å². The van der Waals surface area contributed by atoms with Crippen LogP contribution in [0.2, 0.25) is 0 Å². The molecule has 4 nitrogen and oxygen atoms in total. The van der Waals surface area contributed by atoms with Crippen LogP contribution in [-0.4, -0.2) is 34.6 Å². The second-order valence-corrected chi connectivity index (χ2v) is 8.79. The summed E-state index contributed by atoms with van der Waals surface area (Å²) in [5.41, 5.74) is -0.830. The molecule has 1 aliphatic heterocycles. The van der Waals surface area contributed by atoms with Crippen LogP contribution < -0.4 is 4.90 Å². The molecular formula is C22H25F3N2O2. The first-order valence-electron chi connectivity index (χ1n) is 10.1. The molecular weight excluding hydrogens is 381 g/mol. The van der Waals surface area contributed by atoms with Crippen molar-refractivity contribution in [3.8, 4) is 0 Å². The molecule has 4 rings (SSSR count). The van der Waals surface area contributed by atoms with Gasteiger partial charge in [0.25, 0.3) is 0 Å². The number of aromatic nitrogens is 1. The number of hydrogen-bond donors (Lipinski definition) is 1. The molecule has 2 fully saturated rings. The fraction of sp³-hybridized carbons (Fsp3) is 0.545. The van der Waals surface area contributed by atoms with Crippen LogP contribution in [0.5, 0.6) is 0 Å². The van der Waals surface area contributed by atoms with Crippen molar-refractivity contribution in [3.05, 3.63) is 36.0 Å². The molecule has 0 unspecified atom stereocenters. The van der Waals surface area contributed by atoms with Gasteiger partial charge in [0, 0.05) is 43.2 Å². The van der Waals surface area contributed by atoms with Crippen molar-refractivity contribution in [2.24, 2.45) is 11.8 Å². The second-order valence-electron chi connectivity index (χ2n) is 8.79. The Balaban J connectivity index is 1.59. The number of halogens is 3. The third-order valence-corrected chi connectivity index (χ3v) is 6.01. The summed E-state index contributed by atoms with van der Waals surface area (Å²) < 4.78 is 40.2. The summed E-state index contributed by atoms with van der Waals surface area (Å²) in [7, 11) is 0. The Morgan fingerprint density at radius 1 is 1.28 bits per heavy atom. The highest BCUT2D eigenvalue weighted by molar-refractivity contribution is 5.94. The van der Waals surface area contributed by atoms with Gasteiger partial charge in [-0.05, 0) is 55.4 Å². The molecule has 1 aromatic heterocycles. The maximum atomic E-state index is 13.4. The van der Waals surface area contributed by atoms with Crippen LogP contribution in [0.1, 0.15) is 44.6 Å². The van der Waals surface area contributed by atoms with Crippen LogP contribution in [-0.2, 0) is 11.0 Å². The van der Waals surface area contributed by atoms with Gasteiger partial charge in [0.15, 0.2) is 0 Å². The number of aliphatic hydroxyl groups is 1. The quantitative estimate of drug-likeness (QED) is 0.789. The van der Waals surface area contributed by atoms with Gasteiger partial charge in [-0.2, -0.15) is 13.2 Å². The predicted octanol–water partition coefficient (Wildman–Crippen LogP) is 4.59. The van der Waals surface area contributed by atoms with Crippen molar-refractivity contribution in [3.63, 3.8) is 0 Å². The maximum Gasteiger partial charge on any atom is 0.418 e. The van der Waals surface area contributed by atoms with Crippen LogP contribution in [0, 0.1) is 11.8 Å². The lowest BCUT2D eigenvalue weighted by Crippen LogP contribution is -2.40. The van der Waals surface area contributed by atoms with Gasteiger partial charge in [-0.15, -0.1) is 0 Å². The highest BCUT2D eigenvalue weighted by Gasteiger charge is 2.42. The van der Waals surface area contributed by atoms with E-state index in [0.29, 0.717) is 37.1 Å². The average molecular weight is 406 g/mol. The minimum Gasteiger partial charge on any atom is -0.389 e. The number of carbonyl (C=O) groups is 1. The van der Waals surface area contributed by atoms with Gasteiger partial charge in [0.05, 0.1) is 16.7 Å². The topological polar surface area (TPSA) is 53.4 Å². The highest BCUT2D eigenvalue weighted by Crippen LogP contribution is 2.41. The van der Waals surface area contributed by atoms with Crippen LogP contribution in [0.15, 0.2) is 30.5 Å². The molecule has 2 aromatic rings. The Bertz CT molecular complexity index is 924. The third kappa shape index (κ3) is 4.39. The first-order chi connectivity index (χ1) is 13.6. The molecule has 7 heteroatoms. The van der Waals surface area contributed by atoms with Crippen molar-refractivity contribution in [1.82, 2.24) is 4.98 Å². The van der Waals surface area contributed by atoms with Crippen LogP contribution in [0.4, 0.5) is 18.9 Å². The van der Waals surface area contributed by atoms with Gasteiger partial charge in [0.2, 0.25) is 0 Å². The largest absolute Gasteiger partial charge is 0.418 e. The summed E-state index contributed by atoms with van der Waals surface area (Å²) in [4.78, 5) is 18.5. The summed E-state index contributed by atoms with van der Waals surface area (Å²) in [5.74, 6) is 0.519. The number of ketones is 1. The second kappa shape index (κ2) is 7.27. The summed E-state index contributed by atoms with van der Waals surface area (Å²) in [5, 5.41) is 10.5. The van der Waals surface area contributed by atoms with Crippen molar-refractivity contribution in [2.45, 2.75) is 50.8 Å². The van der Waals surface area contributed by atoms with E-state index in [1.54, 1.807) is 12.1 Å². The SMILES string of the molecule is C[C@H]1C[C@@H](CC(=O)CC2(O)CC2)CN(c2ccc(C(F)(F)F)c3ncccc23)C1. The van der Waals surface area contributed by atoms with Gasteiger partial charge < -0.3 is 10.0 Å². The zero-order chi connectivity index (χ0) is 20.8. The van der Waals surface area contributed by atoms with Crippen molar-refractivity contribution >= 4 is 22.4 Å². The number of carbonyl (C=O) groups excluding carboxylic acids is 1. The van der Waals surface area contributed by atoms with E-state index >= 15 is 0 Å². The van der Waals surface area contributed by atoms with Crippen molar-refractivity contribution in [1.29, 1.82) is 0 Å². The van der Waals surface area contributed by atoms with E-state index in [4.69, 9.17) is 0 Å². The molecule has 2 heterocycles. The molecule has 0 bridgehead atoms. The lowest BCUT2D eigenvalue weighted by Gasteiger charge is -2.38. The summed E-state index contributed by atoms with van der Waals surface area (Å²) in [6.45, 7) is 3.44. The number of fused-ring (bicyclic) bond motifs is 1. The van der Waals surface area contributed by atoms with Gasteiger partial charge in [-0.3, -0.25) is 9.78 Å². The Hall–Kier alpha value is -2.15. The first kappa shape index (κ1) is 20.1. The Morgan fingerprint density at radius 3 is 2.72 bits per heavy atom. The standard InChI is InChI=1S/C22H25F3N2O2/c1-14-9-15(10-16(28)11-21(29)6-7-21)13-27(12-14)19-5-4-18(22(23,24)25)20-17(19)3-2-8-26-20/h2-5,8,14-15,29H,6-7,9-13H2,1H3/t14-,15-/m0/s1. The highest BCUT2D eigenvalue weighted by atomic mass is 19.4. The number of benzene rings is 1. The lowest BCUT2D eigenvalue weighted by atomic mass is 9.85. The molecule has 2 atom stereocenters. The maximum absolute atomic E-state index is 13.4. The molecule has 1 saturated carbocycles. The van der Waals surface area contributed by atoms with Crippen molar-refractivity contribution in [2.75, 3.05) is 18.0 Å². The van der Waals surface area contributed by atoms with Gasteiger partial charge >= 0.3 is 6.18 Å². The summed E-state index contributed by atoms with van der Waals surface area (Å²) in [6.07, 6.45) is -0.183. The minimum atomic E-state index is -4.46. The normalized spacial score (nSPS) is 24.0. The van der Waals surface area contributed by atoms with Crippen LogP contribution >= 0.6 is 0 Å². The van der Waals surface area contributed by atoms with E-state index in [-0.39, 0.29) is 23.6 Å². The monoisotopic (exact) mass is 406 g/mol. The first-order valence-corrected chi connectivity index (χ1v) is 10.1. The fourth-order valence-corrected chi connectivity index (χ4v) is 4.57. The molecule has 156 valence electrons. The third-order valence-electron chi connectivity index (χ3n) is 6.01. The summed E-state index contributed by atoms with van der Waals surface area (Å²) in [6, 6.07) is 5.95. The molecule has 1 aliphatic carbocycles. The van der Waals surface area contributed by atoms with E-state index in [1.807, 2.05) is 0 Å². The number of pyridine rings is 1. The van der Waals surface area contributed by atoms with Gasteiger partial charge in [0.1, 0.15) is 5.78 Å². The van der Waals surface area contributed by atoms with E-state index in [9.17, 15) is 23.1 Å². The number of hydrogen-bond acceptors (Lipinski definition) is 4. The number of nitrogens with zero attached hydrogens (tertiary/aromatic N) is 2. The molecule has 1 aromatic carbocycles. The molecule has 1 N–H and O–H groups in total.